The molecule has 2 aromatic carbocycles. The number of hydrogen-bond acceptors (Lipinski definition) is 3. The van der Waals surface area contributed by atoms with Crippen molar-refractivity contribution in [3.63, 3.8) is 0 Å². The topological polar surface area (TPSA) is 50.1 Å². The van der Waals surface area contributed by atoms with Crippen LogP contribution in [0.1, 0.15) is 36.0 Å². The van der Waals surface area contributed by atoms with Gasteiger partial charge in [-0.15, -0.1) is 0 Å². The van der Waals surface area contributed by atoms with Crippen LogP contribution in [0.3, 0.4) is 0 Å². The summed E-state index contributed by atoms with van der Waals surface area (Å²) in [5.41, 5.74) is 2.30. The maximum atomic E-state index is 12.9. The Morgan fingerprint density at radius 1 is 1.18 bits per heavy atom. The average Bonchev–Trinajstić information content (AvgIpc) is 2.54. The first-order valence-electron chi connectivity index (χ1n) is 6.98. The summed E-state index contributed by atoms with van der Waals surface area (Å²) in [6, 6.07) is 15.0. The lowest BCUT2D eigenvalue weighted by molar-refractivity contribution is -0.145. The zero-order valence-corrected chi connectivity index (χ0v) is 12.3. The van der Waals surface area contributed by atoms with E-state index in [0.29, 0.717) is 5.56 Å². The van der Waals surface area contributed by atoms with Gasteiger partial charge >= 0.3 is 5.97 Å². The molecule has 3 nitrogen and oxygen atoms in total. The van der Waals surface area contributed by atoms with E-state index < -0.39 is 0 Å². The number of benzene rings is 2. The van der Waals surface area contributed by atoms with Crippen LogP contribution in [0.25, 0.3) is 0 Å². The third-order valence-corrected chi connectivity index (χ3v) is 3.39. The fraction of sp³-hybridized carbons (Fsp3) is 0.222. The molecule has 0 aromatic heterocycles. The summed E-state index contributed by atoms with van der Waals surface area (Å²) >= 11 is 0. The Kier molecular flexibility index (Phi) is 5.26. The SMILES string of the molecule is CC(CC(=O)OCc1ccc(C#N)cc1)c1ccc(F)cc1. The maximum absolute atomic E-state index is 12.9. The molecule has 0 N–H and O–H groups in total. The van der Waals surface area contributed by atoms with Crippen LogP contribution in [0, 0.1) is 17.1 Å². The molecule has 0 fully saturated rings. The van der Waals surface area contributed by atoms with E-state index in [4.69, 9.17) is 10.00 Å². The largest absolute Gasteiger partial charge is 0.461 e. The summed E-state index contributed by atoms with van der Waals surface area (Å²) in [5, 5.41) is 8.71. The first-order valence-corrected chi connectivity index (χ1v) is 6.98. The second-order valence-corrected chi connectivity index (χ2v) is 5.13. The first-order chi connectivity index (χ1) is 10.6. The molecule has 0 aliphatic carbocycles. The monoisotopic (exact) mass is 297 g/mol. The van der Waals surface area contributed by atoms with Crippen molar-refractivity contribution < 1.29 is 13.9 Å². The van der Waals surface area contributed by atoms with Crippen molar-refractivity contribution in [2.45, 2.75) is 25.9 Å². The number of ether oxygens (including phenoxy) is 1. The molecule has 0 bridgehead atoms. The Morgan fingerprint density at radius 3 is 2.41 bits per heavy atom. The summed E-state index contributed by atoms with van der Waals surface area (Å²) in [4.78, 5) is 11.8. The van der Waals surface area contributed by atoms with Crippen LogP contribution >= 0.6 is 0 Å². The number of hydrogen-bond donors (Lipinski definition) is 0. The highest BCUT2D eigenvalue weighted by molar-refractivity contribution is 5.70. The summed E-state index contributed by atoms with van der Waals surface area (Å²) in [6.45, 7) is 2.08. The van der Waals surface area contributed by atoms with E-state index in [1.807, 2.05) is 13.0 Å². The molecule has 0 spiro atoms. The molecule has 0 saturated carbocycles. The van der Waals surface area contributed by atoms with Gasteiger partial charge in [-0.2, -0.15) is 5.26 Å². The van der Waals surface area contributed by atoms with Crippen LogP contribution in [0.4, 0.5) is 4.39 Å². The normalized spacial score (nSPS) is 11.5. The van der Waals surface area contributed by atoms with Crippen LogP contribution in [0.5, 0.6) is 0 Å². The number of rotatable bonds is 5. The van der Waals surface area contributed by atoms with Crippen LogP contribution in [0.15, 0.2) is 48.5 Å². The molecule has 0 aliphatic heterocycles. The lowest BCUT2D eigenvalue weighted by atomic mass is 9.98. The summed E-state index contributed by atoms with van der Waals surface area (Å²) in [6.07, 6.45) is 0.238. The van der Waals surface area contributed by atoms with E-state index in [9.17, 15) is 9.18 Å². The van der Waals surface area contributed by atoms with Gasteiger partial charge in [-0.25, -0.2) is 4.39 Å². The second-order valence-electron chi connectivity index (χ2n) is 5.13. The quantitative estimate of drug-likeness (QED) is 0.786. The van der Waals surface area contributed by atoms with Gasteiger partial charge in [-0.1, -0.05) is 31.2 Å². The predicted octanol–water partition coefficient (Wildman–Crippen LogP) is 3.93. The fourth-order valence-corrected chi connectivity index (χ4v) is 2.06. The van der Waals surface area contributed by atoms with E-state index >= 15 is 0 Å². The Balaban J connectivity index is 1.84. The third kappa shape index (κ3) is 4.42. The van der Waals surface area contributed by atoms with Crippen molar-refractivity contribution in [2.75, 3.05) is 0 Å². The van der Waals surface area contributed by atoms with Crippen LogP contribution < -0.4 is 0 Å². The molecule has 4 heteroatoms. The first kappa shape index (κ1) is 15.7. The molecule has 2 aromatic rings. The van der Waals surface area contributed by atoms with Crippen LogP contribution in [-0.2, 0) is 16.1 Å². The van der Waals surface area contributed by atoms with Gasteiger partial charge in [0, 0.05) is 0 Å². The second kappa shape index (κ2) is 7.37. The van der Waals surface area contributed by atoms with E-state index in [0.717, 1.165) is 11.1 Å². The van der Waals surface area contributed by atoms with Crippen molar-refractivity contribution in [1.29, 1.82) is 5.26 Å². The van der Waals surface area contributed by atoms with Crippen molar-refractivity contribution in [2.24, 2.45) is 0 Å². The fourth-order valence-electron chi connectivity index (χ4n) is 2.06. The van der Waals surface area contributed by atoms with Crippen LogP contribution in [0.2, 0.25) is 0 Å². The number of nitrogens with zero attached hydrogens (tertiary/aromatic N) is 1. The highest BCUT2D eigenvalue weighted by Crippen LogP contribution is 2.20. The van der Waals surface area contributed by atoms with Crippen molar-refractivity contribution in [3.8, 4) is 6.07 Å². The van der Waals surface area contributed by atoms with Gasteiger partial charge in [0.1, 0.15) is 12.4 Å². The predicted molar refractivity (Wildman–Crippen MR) is 80.4 cm³/mol. The standard InChI is InChI=1S/C18H16FNO2/c1-13(16-6-8-17(19)9-7-16)10-18(21)22-12-15-4-2-14(11-20)3-5-15/h2-9,13H,10,12H2,1H3. The number of carbonyl (C=O) groups is 1. The van der Waals surface area contributed by atoms with E-state index in [1.165, 1.54) is 12.1 Å². The minimum absolute atomic E-state index is 0.0333. The molecule has 1 unspecified atom stereocenters. The highest BCUT2D eigenvalue weighted by atomic mass is 19.1. The molecule has 112 valence electrons. The van der Waals surface area contributed by atoms with Gasteiger partial charge in [-0.3, -0.25) is 4.79 Å². The number of esters is 1. The van der Waals surface area contributed by atoms with Gasteiger partial charge in [0.05, 0.1) is 18.1 Å². The van der Waals surface area contributed by atoms with Gasteiger partial charge < -0.3 is 4.74 Å². The summed E-state index contributed by atoms with van der Waals surface area (Å²) in [7, 11) is 0. The summed E-state index contributed by atoms with van der Waals surface area (Å²) in [5.74, 6) is -0.630. The lowest BCUT2D eigenvalue weighted by Gasteiger charge is -2.11. The molecule has 22 heavy (non-hydrogen) atoms. The van der Waals surface area contributed by atoms with Gasteiger partial charge in [0.15, 0.2) is 0 Å². The number of nitriles is 1. The lowest BCUT2D eigenvalue weighted by Crippen LogP contribution is -2.08. The Hall–Kier alpha value is -2.67. The minimum Gasteiger partial charge on any atom is -0.461 e. The maximum Gasteiger partial charge on any atom is 0.306 e. The Morgan fingerprint density at radius 2 is 1.82 bits per heavy atom. The van der Waals surface area contributed by atoms with Crippen molar-refractivity contribution >= 4 is 5.97 Å². The highest BCUT2D eigenvalue weighted by Gasteiger charge is 2.12. The smallest absolute Gasteiger partial charge is 0.306 e. The molecule has 1 atom stereocenters. The third-order valence-electron chi connectivity index (χ3n) is 3.39. The van der Waals surface area contributed by atoms with E-state index in [-0.39, 0.29) is 30.7 Å². The molecular formula is C18H16FNO2. The average molecular weight is 297 g/mol. The number of carbonyl (C=O) groups excluding carboxylic acids is 1. The molecule has 2 rings (SSSR count). The molecular weight excluding hydrogens is 281 g/mol. The Labute approximate surface area is 129 Å². The number of halogens is 1. The molecule has 0 heterocycles. The van der Waals surface area contributed by atoms with Crippen LogP contribution in [-0.4, -0.2) is 5.97 Å². The zero-order valence-electron chi connectivity index (χ0n) is 12.3. The van der Waals surface area contributed by atoms with Gasteiger partial charge in [0.2, 0.25) is 0 Å². The van der Waals surface area contributed by atoms with Gasteiger partial charge in [-0.05, 0) is 41.3 Å². The van der Waals surface area contributed by atoms with Crippen molar-refractivity contribution in [1.82, 2.24) is 0 Å². The van der Waals surface area contributed by atoms with Gasteiger partial charge in [0.25, 0.3) is 0 Å². The minimum atomic E-state index is -0.304. The van der Waals surface area contributed by atoms with E-state index in [2.05, 4.69) is 0 Å². The molecule has 0 radical (unpaired) electrons. The molecule has 0 saturated heterocycles. The van der Waals surface area contributed by atoms with E-state index in [1.54, 1.807) is 36.4 Å². The molecule has 0 aliphatic rings. The summed E-state index contributed by atoms with van der Waals surface area (Å²) < 4.78 is 18.1. The Bertz CT molecular complexity index is 672. The molecule has 0 amide bonds. The van der Waals surface area contributed by atoms with Crippen molar-refractivity contribution in [3.05, 3.63) is 71.0 Å². The zero-order chi connectivity index (χ0) is 15.9.